The molecule has 0 saturated carbocycles. The Morgan fingerprint density at radius 1 is 0.944 bits per heavy atom. The Hall–Kier alpha value is -3.35. The van der Waals surface area contributed by atoms with E-state index in [0.29, 0.717) is 6.42 Å². The minimum Gasteiger partial charge on any atom is -0.444 e. The van der Waals surface area contributed by atoms with Gasteiger partial charge in [-0.2, -0.15) is 0 Å². The SMILES string of the molecule is CCC(C)N(C(=O)CNC(=O)OC(C)(C)C)C(C(=O)Nc1c(C)cccc1C)c1cccc(C)c1C. The van der Waals surface area contributed by atoms with Gasteiger partial charge in [0.15, 0.2) is 0 Å². The van der Waals surface area contributed by atoms with E-state index in [1.807, 2.05) is 77.9 Å². The second-order valence-corrected chi connectivity index (χ2v) is 10.4. The fourth-order valence-electron chi connectivity index (χ4n) is 4.08. The van der Waals surface area contributed by atoms with Crippen LogP contribution in [0.25, 0.3) is 0 Å². The summed E-state index contributed by atoms with van der Waals surface area (Å²) >= 11 is 0. The summed E-state index contributed by atoms with van der Waals surface area (Å²) in [5.41, 5.74) is 4.66. The third-order valence-corrected chi connectivity index (χ3v) is 6.33. The number of nitrogens with zero attached hydrogens (tertiary/aromatic N) is 1. The number of carbonyl (C=O) groups is 3. The van der Waals surface area contributed by atoms with Crippen LogP contribution < -0.4 is 10.6 Å². The number of amides is 3. The maximum absolute atomic E-state index is 14.0. The molecule has 0 aromatic heterocycles. The minimum absolute atomic E-state index is 0.258. The Morgan fingerprint density at radius 2 is 1.50 bits per heavy atom. The van der Waals surface area contributed by atoms with E-state index in [1.54, 1.807) is 25.7 Å². The molecule has 2 aromatic carbocycles. The molecule has 0 aliphatic heterocycles. The van der Waals surface area contributed by atoms with Crippen molar-refractivity contribution in [2.45, 2.75) is 86.4 Å². The van der Waals surface area contributed by atoms with Crippen LogP contribution in [0.15, 0.2) is 36.4 Å². The van der Waals surface area contributed by atoms with E-state index in [0.717, 1.165) is 33.5 Å². The fourth-order valence-corrected chi connectivity index (χ4v) is 4.08. The summed E-state index contributed by atoms with van der Waals surface area (Å²) in [6.07, 6.45) is -0.0424. The molecule has 36 heavy (non-hydrogen) atoms. The summed E-state index contributed by atoms with van der Waals surface area (Å²) in [4.78, 5) is 41.4. The predicted molar refractivity (Wildman–Crippen MR) is 144 cm³/mol. The van der Waals surface area contributed by atoms with E-state index >= 15 is 0 Å². The summed E-state index contributed by atoms with van der Waals surface area (Å²) < 4.78 is 5.29. The summed E-state index contributed by atoms with van der Waals surface area (Å²) in [7, 11) is 0. The topological polar surface area (TPSA) is 87.7 Å². The number of alkyl carbamates (subject to hydrolysis) is 1. The average molecular weight is 496 g/mol. The van der Waals surface area contributed by atoms with Gasteiger partial charge in [-0.3, -0.25) is 9.59 Å². The molecule has 196 valence electrons. The molecule has 0 spiro atoms. The van der Waals surface area contributed by atoms with Gasteiger partial charge >= 0.3 is 6.09 Å². The molecule has 2 N–H and O–H groups in total. The van der Waals surface area contributed by atoms with E-state index in [2.05, 4.69) is 10.6 Å². The zero-order valence-electron chi connectivity index (χ0n) is 23.1. The molecule has 2 unspecified atom stereocenters. The first kappa shape index (κ1) is 28.9. The van der Waals surface area contributed by atoms with E-state index in [-0.39, 0.29) is 24.4 Å². The number of rotatable bonds is 8. The van der Waals surface area contributed by atoms with Crippen LogP contribution in [0.3, 0.4) is 0 Å². The molecule has 2 rings (SSSR count). The summed E-state index contributed by atoms with van der Waals surface area (Å²) in [5.74, 6) is -0.662. The second-order valence-electron chi connectivity index (χ2n) is 10.4. The molecule has 0 radical (unpaired) electrons. The van der Waals surface area contributed by atoms with E-state index in [1.165, 1.54) is 0 Å². The van der Waals surface area contributed by atoms with Crippen molar-refractivity contribution in [2.75, 3.05) is 11.9 Å². The van der Waals surface area contributed by atoms with E-state index in [4.69, 9.17) is 4.74 Å². The lowest BCUT2D eigenvalue weighted by Crippen LogP contribution is -2.50. The van der Waals surface area contributed by atoms with Crippen molar-refractivity contribution in [3.05, 3.63) is 64.2 Å². The number of hydrogen-bond donors (Lipinski definition) is 2. The number of hydrogen-bond acceptors (Lipinski definition) is 4. The Bertz CT molecular complexity index is 1080. The maximum atomic E-state index is 14.0. The highest BCUT2D eigenvalue weighted by Crippen LogP contribution is 2.31. The molecule has 0 saturated heterocycles. The van der Waals surface area contributed by atoms with E-state index < -0.39 is 17.7 Å². The second kappa shape index (κ2) is 12.1. The zero-order valence-corrected chi connectivity index (χ0v) is 23.1. The van der Waals surface area contributed by atoms with Gasteiger partial charge in [-0.1, -0.05) is 43.3 Å². The van der Waals surface area contributed by atoms with Crippen LogP contribution in [-0.4, -0.2) is 41.0 Å². The molecule has 7 nitrogen and oxygen atoms in total. The lowest BCUT2D eigenvalue weighted by atomic mass is 9.94. The number of carbonyl (C=O) groups excluding carboxylic acids is 3. The molecule has 0 heterocycles. The molecule has 0 aliphatic rings. The Labute approximate surface area is 215 Å². The minimum atomic E-state index is -0.883. The summed E-state index contributed by atoms with van der Waals surface area (Å²) in [5, 5.41) is 5.64. The fraction of sp³-hybridized carbons (Fsp3) is 0.483. The van der Waals surface area contributed by atoms with Crippen molar-refractivity contribution >= 4 is 23.6 Å². The first-order valence-electron chi connectivity index (χ1n) is 12.5. The normalized spacial score (nSPS) is 12.9. The molecule has 7 heteroatoms. The van der Waals surface area contributed by atoms with Gasteiger partial charge in [-0.25, -0.2) is 4.79 Å². The van der Waals surface area contributed by atoms with Gasteiger partial charge in [0.25, 0.3) is 5.91 Å². The van der Waals surface area contributed by atoms with Crippen LogP contribution in [0.5, 0.6) is 0 Å². The number of ether oxygens (including phenoxy) is 1. The van der Waals surface area contributed by atoms with Gasteiger partial charge < -0.3 is 20.3 Å². The van der Waals surface area contributed by atoms with Gasteiger partial charge in [0.05, 0.1) is 0 Å². The monoisotopic (exact) mass is 495 g/mol. The van der Waals surface area contributed by atoms with Crippen LogP contribution >= 0.6 is 0 Å². The van der Waals surface area contributed by atoms with Crippen LogP contribution in [0.4, 0.5) is 10.5 Å². The van der Waals surface area contributed by atoms with Gasteiger partial charge in [0, 0.05) is 11.7 Å². The number of anilines is 1. The summed E-state index contributed by atoms with van der Waals surface area (Å²) in [6.45, 7) is 16.7. The number of para-hydroxylation sites is 1. The van der Waals surface area contributed by atoms with Crippen LogP contribution in [-0.2, 0) is 14.3 Å². The van der Waals surface area contributed by atoms with Crippen molar-refractivity contribution in [3.63, 3.8) is 0 Å². The zero-order chi connectivity index (χ0) is 27.2. The van der Waals surface area contributed by atoms with Crippen LogP contribution in [0.2, 0.25) is 0 Å². The standard InChI is InChI=1S/C29H41N3O4/c1-10-21(5)32(24(33)17-30-28(35)36-29(7,8)9)26(23-16-12-13-18(2)22(23)6)27(34)31-25-19(3)14-11-15-20(25)4/h11-16,21,26H,10,17H2,1-9H3,(H,30,35)(H,31,34). The highest BCUT2D eigenvalue weighted by atomic mass is 16.6. The summed E-state index contributed by atoms with van der Waals surface area (Å²) in [6, 6.07) is 10.5. The van der Waals surface area contributed by atoms with Crippen LogP contribution in [0.1, 0.15) is 74.9 Å². The van der Waals surface area contributed by atoms with E-state index in [9.17, 15) is 14.4 Å². The van der Waals surface area contributed by atoms with Crippen molar-refractivity contribution in [1.29, 1.82) is 0 Å². The Kier molecular flexibility index (Phi) is 9.68. The number of benzene rings is 2. The van der Waals surface area contributed by atoms with Gasteiger partial charge in [0.1, 0.15) is 18.2 Å². The quantitative estimate of drug-likeness (QED) is 0.488. The number of nitrogens with one attached hydrogen (secondary N) is 2. The molecule has 0 bridgehead atoms. The molecule has 2 atom stereocenters. The first-order chi connectivity index (χ1) is 16.8. The molecule has 3 amide bonds. The van der Waals surface area contributed by atoms with Gasteiger partial charge in [-0.05, 0) is 89.6 Å². The van der Waals surface area contributed by atoms with Crippen molar-refractivity contribution in [2.24, 2.45) is 0 Å². The van der Waals surface area contributed by atoms with Gasteiger partial charge in [0.2, 0.25) is 5.91 Å². The third-order valence-electron chi connectivity index (χ3n) is 6.33. The largest absolute Gasteiger partial charge is 0.444 e. The predicted octanol–water partition coefficient (Wildman–Crippen LogP) is 5.75. The average Bonchev–Trinajstić information content (AvgIpc) is 2.78. The van der Waals surface area contributed by atoms with Gasteiger partial charge in [-0.15, -0.1) is 0 Å². The van der Waals surface area contributed by atoms with Crippen molar-refractivity contribution in [1.82, 2.24) is 10.2 Å². The Morgan fingerprint density at radius 3 is 2.06 bits per heavy atom. The lowest BCUT2D eigenvalue weighted by molar-refractivity contribution is -0.140. The van der Waals surface area contributed by atoms with Crippen molar-refractivity contribution in [3.8, 4) is 0 Å². The molecular weight excluding hydrogens is 454 g/mol. The first-order valence-corrected chi connectivity index (χ1v) is 12.5. The Balaban J connectivity index is 2.51. The molecule has 2 aromatic rings. The highest BCUT2D eigenvalue weighted by Gasteiger charge is 2.36. The molecule has 0 fully saturated rings. The molecular formula is C29H41N3O4. The number of aryl methyl sites for hydroxylation is 3. The maximum Gasteiger partial charge on any atom is 0.408 e. The molecule has 0 aliphatic carbocycles. The lowest BCUT2D eigenvalue weighted by Gasteiger charge is -2.37. The smallest absolute Gasteiger partial charge is 0.408 e. The van der Waals surface area contributed by atoms with Crippen LogP contribution in [0, 0.1) is 27.7 Å². The third kappa shape index (κ3) is 7.33. The highest BCUT2D eigenvalue weighted by molar-refractivity contribution is 5.99. The van der Waals surface area contributed by atoms with Crippen molar-refractivity contribution < 1.29 is 19.1 Å².